The summed E-state index contributed by atoms with van der Waals surface area (Å²) in [7, 11) is 0. The van der Waals surface area contributed by atoms with Gasteiger partial charge in [-0.3, -0.25) is 4.98 Å². The Bertz CT molecular complexity index is 930. The Morgan fingerprint density at radius 2 is 1.68 bits per heavy atom. The summed E-state index contributed by atoms with van der Waals surface area (Å²) >= 11 is 0. The molecule has 4 aromatic rings. The van der Waals surface area contributed by atoms with Gasteiger partial charge in [0.2, 0.25) is 0 Å². The average molecular weight is 290 g/mol. The summed E-state index contributed by atoms with van der Waals surface area (Å²) in [5.41, 5.74) is 5.31. The summed E-state index contributed by atoms with van der Waals surface area (Å²) in [5, 5.41) is 0. The highest BCUT2D eigenvalue weighted by atomic mass is 19.1. The number of aromatic amines is 1. The summed E-state index contributed by atoms with van der Waals surface area (Å²) in [6.45, 7) is 0. The molecule has 0 aliphatic rings. The van der Waals surface area contributed by atoms with Crippen molar-refractivity contribution >= 4 is 11.0 Å². The molecular formula is C17H11FN4. The van der Waals surface area contributed by atoms with Crippen LogP contribution >= 0.6 is 0 Å². The molecule has 0 saturated carbocycles. The van der Waals surface area contributed by atoms with Gasteiger partial charge in [-0.05, 0) is 29.8 Å². The highest BCUT2D eigenvalue weighted by molar-refractivity contribution is 6.01. The average Bonchev–Trinajstić information content (AvgIpc) is 2.96. The minimum atomic E-state index is -0.263. The summed E-state index contributed by atoms with van der Waals surface area (Å²) < 4.78 is 13.2. The molecule has 0 bridgehead atoms. The number of nitrogens with one attached hydrogen (secondary N) is 1. The SMILES string of the molecule is Fc1ccc(-c2c(-c3cncnc3)[nH]c3cccnc23)cc1. The fourth-order valence-corrected chi connectivity index (χ4v) is 2.56. The van der Waals surface area contributed by atoms with Crippen molar-refractivity contribution in [3.05, 3.63) is 67.1 Å². The first-order chi connectivity index (χ1) is 10.8. The quantitative estimate of drug-likeness (QED) is 0.610. The lowest BCUT2D eigenvalue weighted by molar-refractivity contribution is 0.628. The van der Waals surface area contributed by atoms with Crippen molar-refractivity contribution < 1.29 is 4.39 Å². The second-order valence-electron chi connectivity index (χ2n) is 4.91. The van der Waals surface area contributed by atoms with Gasteiger partial charge in [-0.1, -0.05) is 12.1 Å². The van der Waals surface area contributed by atoms with Crippen LogP contribution in [0.5, 0.6) is 0 Å². The number of hydrogen-bond acceptors (Lipinski definition) is 3. The summed E-state index contributed by atoms with van der Waals surface area (Å²) in [6, 6.07) is 10.2. The van der Waals surface area contributed by atoms with Gasteiger partial charge in [0.1, 0.15) is 12.1 Å². The molecule has 1 aromatic carbocycles. The van der Waals surface area contributed by atoms with Crippen molar-refractivity contribution in [1.29, 1.82) is 0 Å². The van der Waals surface area contributed by atoms with E-state index in [4.69, 9.17) is 0 Å². The number of nitrogens with zero attached hydrogens (tertiary/aromatic N) is 3. The van der Waals surface area contributed by atoms with E-state index in [0.717, 1.165) is 33.4 Å². The van der Waals surface area contributed by atoms with Crippen LogP contribution in [0.4, 0.5) is 4.39 Å². The number of H-pyrrole nitrogens is 1. The van der Waals surface area contributed by atoms with Crippen molar-refractivity contribution in [1.82, 2.24) is 19.9 Å². The number of benzene rings is 1. The Hall–Kier alpha value is -3.08. The largest absolute Gasteiger partial charge is 0.353 e. The van der Waals surface area contributed by atoms with Crippen molar-refractivity contribution in [3.8, 4) is 22.4 Å². The Morgan fingerprint density at radius 3 is 2.45 bits per heavy atom. The predicted octanol–water partition coefficient (Wildman–Crippen LogP) is 3.83. The van der Waals surface area contributed by atoms with E-state index >= 15 is 0 Å². The molecule has 4 rings (SSSR count). The van der Waals surface area contributed by atoms with Crippen LogP contribution in [0.25, 0.3) is 33.4 Å². The van der Waals surface area contributed by atoms with Crippen LogP contribution in [0.3, 0.4) is 0 Å². The normalized spacial score (nSPS) is 11.0. The lowest BCUT2D eigenvalue weighted by Crippen LogP contribution is -1.86. The van der Waals surface area contributed by atoms with Crippen LogP contribution in [0, 0.1) is 5.82 Å². The highest BCUT2D eigenvalue weighted by Gasteiger charge is 2.16. The van der Waals surface area contributed by atoms with E-state index in [9.17, 15) is 4.39 Å². The van der Waals surface area contributed by atoms with E-state index in [2.05, 4.69) is 19.9 Å². The molecule has 4 nitrogen and oxygen atoms in total. The molecule has 0 spiro atoms. The van der Waals surface area contributed by atoms with Gasteiger partial charge in [0.15, 0.2) is 0 Å². The third-order valence-corrected chi connectivity index (χ3v) is 3.54. The fraction of sp³-hybridized carbons (Fsp3) is 0. The summed E-state index contributed by atoms with van der Waals surface area (Å²) in [5.74, 6) is -0.263. The standard InChI is InChI=1S/C17H11FN4/c18-13-5-3-11(4-6-13)15-16(12-8-19-10-20-9-12)22-14-2-1-7-21-17(14)15/h1-10,22H. The lowest BCUT2D eigenvalue weighted by Gasteiger charge is -2.04. The van der Waals surface area contributed by atoms with Crippen molar-refractivity contribution in [2.24, 2.45) is 0 Å². The lowest BCUT2D eigenvalue weighted by atomic mass is 10.0. The molecule has 0 fully saturated rings. The van der Waals surface area contributed by atoms with E-state index < -0.39 is 0 Å². The molecule has 3 heterocycles. The molecule has 0 unspecified atom stereocenters. The first kappa shape index (κ1) is 12.6. The van der Waals surface area contributed by atoms with Crippen LogP contribution in [0.15, 0.2) is 61.3 Å². The first-order valence-corrected chi connectivity index (χ1v) is 6.81. The Labute approximate surface area is 125 Å². The topological polar surface area (TPSA) is 54.5 Å². The molecule has 0 aliphatic heterocycles. The van der Waals surface area contributed by atoms with E-state index in [1.54, 1.807) is 30.7 Å². The van der Waals surface area contributed by atoms with Crippen molar-refractivity contribution in [2.75, 3.05) is 0 Å². The van der Waals surface area contributed by atoms with Gasteiger partial charge < -0.3 is 4.98 Å². The second-order valence-corrected chi connectivity index (χ2v) is 4.91. The Morgan fingerprint density at radius 1 is 0.909 bits per heavy atom. The predicted molar refractivity (Wildman–Crippen MR) is 82.5 cm³/mol. The third-order valence-electron chi connectivity index (χ3n) is 3.54. The molecule has 106 valence electrons. The van der Waals surface area contributed by atoms with E-state index in [-0.39, 0.29) is 5.82 Å². The van der Waals surface area contributed by atoms with Gasteiger partial charge in [-0.15, -0.1) is 0 Å². The zero-order valence-electron chi connectivity index (χ0n) is 11.5. The number of halogens is 1. The maximum absolute atomic E-state index is 13.2. The molecule has 0 amide bonds. The third kappa shape index (κ3) is 2.03. The number of hydrogen-bond donors (Lipinski definition) is 1. The maximum atomic E-state index is 13.2. The molecule has 0 radical (unpaired) electrons. The molecule has 22 heavy (non-hydrogen) atoms. The van der Waals surface area contributed by atoms with Crippen LogP contribution in [-0.2, 0) is 0 Å². The van der Waals surface area contributed by atoms with Gasteiger partial charge in [-0.2, -0.15) is 0 Å². The van der Waals surface area contributed by atoms with Gasteiger partial charge in [0, 0.05) is 29.7 Å². The van der Waals surface area contributed by atoms with Gasteiger partial charge >= 0.3 is 0 Å². The Kier molecular flexibility index (Phi) is 2.89. The van der Waals surface area contributed by atoms with E-state index in [1.165, 1.54) is 18.5 Å². The number of pyridine rings is 1. The number of aromatic nitrogens is 4. The van der Waals surface area contributed by atoms with Crippen molar-refractivity contribution in [2.45, 2.75) is 0 Å². The van der Waals surface area contributed by atoms with Crippen LogP contribution in [-0.4, -0.2) is 19.9 Å². The highest BCUT2D eigenvalue weighted by Crippen LogP contribution is 2.36. The summed E-state index contributed by atoms with van der Waals surface area (Å²) in [4.78, 5) is 16.0. The van der Waals surface area contributed by atoms with Gasteiger partial charge in [-0.25, -0.2) is 14.4 Å². The van der Waals surface area contributed by atoms with Gasteiger partial charge in [0.05, 0.1) is 16.7 Å². The molecular weight excluding hydrogens is 279 g/mol. The molecule has 0 atom stereocenters. The molecule has 3 aromatic heterocycles. The van der Waals surface area contributed by atoms with Gasteiger partial charge in [0.25, 0.3) is 0 Å². The minimum Gasteiger partial charge on any atom is -0.353 e. The minimum absolute atomic E-state index is 0.263. The monoisotopic (exact) mass is 290 g/mol. The molecule has 5 heteroatoms. The maximum Gasteiger partial charge on any atom is 0.123 e. The van der Waals surface area contributed by atoms with Crippen LogP contribution < -0.4 is 0 Å². The van der Waals surface area contributed by atoms with Crippen LogP contribution in [0.2, 0.25) is 0 Å². The zero-order chi connectivity index (χ0) is 14.9. The first-order valence-electron chi connectivity index (χ1n) is 6.81. The zero-order valence-corrected chi connectivity index (χ0v) is 11.5. The van der Waals surface area contributed by atoms with Crippen molar-refractivity contribution in [3.63, 3.8) is 0 Å². The number of fused-ring (bicyclic) bond motifs is 1. The smallest absolute Gasteiger partial charge is 0.123 e. The Balaban J connectivity index is 2.04. The van der Waals surface area contributed by atoms with E-state index in [0.29, 0.717) is 0 Å². The summed E-state index contributed by atoms with van der Waals surface area (Å²) in [6.07, 6.45) is 6.71. The van der Waals surface area contributed by atoms with Crippen LogP contribution in [0.1, 0.15) is 0 Å². The fourth-order valence-electron chi connectivity index (χ4n) is 2.56. The molecule has 1 N–H and O–H groups in total. The second kappa shape index (κ2) is 5.04. The number of rotatable bonds is 2. The molecule has 0 aliphatic carbocycles. The molecule has 0 saturated heterocycles. The van der Waals surface area contributed by atoms with E-state index in [1.807, 2.05) is 12.1 Å².